The van der Waals surface area contributed by atoms with Gasteiger partial charge in [0.1, 0.15) is 23.2 Å². The Labute approximate surface area is 160 Å². The van der Waals surface area contributed by atoms with E-state index in [1.807, 2.05) is 0 Å². The van der Waals surface area contributed by atoms with Crippen LogP contribution < -0.4 is 15.4 Å². The van der Waals surface area contributed by atoms with Crippen molar-refractivity contribution in [3.63, 3.8) is 0 Å². The van der Waals surface area contributed by atoms with Crippen LogP contribution in [0.3, 0.4) is 0 Å². The number of carbonyl (C=O) groups is 1. The van der Waals surface area contributed by atoms with E-state index in [-0.39, 0.29) is 28.5 Å². The summed E-state index contributed by atoms with van der Waals surface area (Å²) in [5.74, 6) is -0.908. The molecule has 0 fully saturated rings. The van der Waals surface area contributed by atoms with E-state index < -0.39 is 10.8 Å². The first-order valence-corrected chi connectivity index (χ1v) is 8.16. The fourth-order valence-electron chi connectivity index (χ4n) is 2.28. The molecule has 0 bridgehead atoms. The highest BCUT2D eigenvalue weighted by molar-refractivity contribution is 6.07. The minimum absolute atomic E-state index is 0.101. The van der Waals surface area contributed by atoms with Gasteiger partial charge in [0.15, 0.2) is 0 Å². The van der Waals surface area contributed by atoms with Crippen LogP contribution in [0, 0.1) is 27.3 Å². The lowest BCUT2D eigenvalue weighted by Gasteiger charge is -2.09. The molecular weight excluding hydrogens is 367 g/mol. The lowest BCUT2D eigenvalue weighted by molar-refractivity contribution is -0.384. The van der Waals surface area contributed by atoms with Crippen molar-refractivity contribution in [3.05, 3.63) is 75.7 Å². The molecule has 0 heterocycles. The van der Waals surface area contributed by atoms with Crippen LogP contribution in [0.2, 0.25) is 0 Å². The summed E-state index contributed by atoms with van der Waals surface area (Å²) < 4.78 is 17.9. The molecule has 2 aromatic rings. The van der Waals surface area contributed by atoms with Crippen LogP contribution in [0.15, 0.2) is 54.2 Å². The smallest absolute Gasteiger partial charge is 0.273 e. The van der Waals surface area contributed by atoms with Gasteiger partial charge in [-0.05, 0) is 30.2 Å². The molecule has 9 heteroatoms. The van der Waals surface area contributed by atoms with Gasteiger partial charge in [-0.1, -0.05) is 12.1 Å². The van der Waals surface area contributed by atoms with Crippen molar-refractivity contribution < 1.29 is 18.8 Å². The molecule has 1 amide bonds. The Kier molecular flexibility index (Phi) is 7.05. The van der Waals surface area contributed by atoms with E-state index in [1.165, 1.54) is 43.6 Å². The Bertz CT molecular complexity index is 936. The summed E-state index contributed by atoms with van der Waals surface area (Å²) in [5.41, 5.74) is 0.735. The Morgan fingerprint density at radius 3 is 2.64 bits per heavy atom. The number of halogens is 1. The van der Waals surface area contributed by atoms with Crippen molar-refractivity contribution in [1.29, 1.82) is 5.26 Å². The van der Waals surface area contributed by atoms with Crippen LogP contribution in [0.4, 0.5) is 15.8 Å². The predicted octanol–water partition coefficient (Wildman–Crippen LogP) is 2.92. The Morgan fingerprint density at radius 2 is 2.04 bits per heavy atom. The van der Waals surface area contributed by atoms with Crippen molar-refractivity contribution in [2.24, 2.45) is 0 Å². The molecule has 0 saturated carbocycles. The van der Waals surface area contributed by atoms with Gasteiger partial charge < -0.3 is 15.4 Å². The average Bonchev–Trinajstić information content (AvgIpc) is 2.69. The number of rotatable bonds is 8. The number of nitriles is 1. The molecule has 0 aromatic heterocycles. The van der Waals surface area contributed by atoms with Crippen LogP contribution in [0.1, 0.15) is 5.56 Å². The zero-order valence-corrected chi connectivity index (χ0v) is 14.9. The van der Waals surface area contributed by atoms with Crippen molar-refractivity contribution in [2.75, 3.05) is 19.0 Å². The van der Waals surface area contributed by atoms with E-state index in [0.29, 0.717) is 13.0 Å². The van der Waals surface area contributed by atoms with Gasteiger partial charge in [-0.2, -0.15) is 5.26 Å². The van der Waals surface area contributed by atoms with Gasteiger partial charge in [-0.3, -0.25) is 14.9 Å². The zero-order valence-electron chi connectivity index (χ0n) is 14.9. The van der Waals surface area contributed by atoms with E-state index in [2.05, 4.69) is 10.6 Å². The second kappa shape index (κ2) is 9.68. The van der Waals surface area contributed by atoms with E-state index >= 15 is 0 Å². The van der Waals surface area contributed by atoms with Gasteiger partial charge in [0.25, 0.3) is 11.6 Å². The molecule has 2 rings (SSSR count). The SMILES string of the molecule is COc1cc([N+](=O)[O-])ccc1NC(=O)/C(C#N)=C\NCCc1ccc(F)cc1. The van der Waals surface area contributed by atoms with E-state index in [0.717, 1.165) is 5.56 Å². The number of hydrogen-bond acceptors (Lipinski definition) is 6. The third-order valence-corrected chi connectivity index (χ3v) is 3.73. The van der Waals surface area contributed by atoms with Crippen LogP contribution in [-0.2, 0) is 11.2 Å². The monoisotopic (exact) mass is 384 g/mol. The Balaban J connectivity index is 1.99. The highest BCUT2D eigenvalue weighted by Gasteiger charge is 2.15. The molecule has 0 saturated heterocycles. The summed E-state index contributed by atoms with van der Waals surface area (Å²) in [6.07, 6.45) is 1.85. The minimum Gasteiger partial charge on any atom is -0.494 e. The summed E-state index contributed by atoms with van der Waals surface area (Å²) in [5, 5.41) is 25.3. The molecule has 2 N–H and O–H groups in total. The van der Waals surface area contributed by atoms with E-state index in [4.69, 9.17) is 4.74 Å². The highest BCUT2D eigenvalue weighted by Crippen LogP contribution is 2.29. The Morgan fingerprint density at radius 1 is 1.32 bits per heavy atom. The van der Waals surface area contributed by atoms with Crippen molar-refractivity contribution >= 4 is 17.3 Å². The molecule has 0 aliphatic carbocycles. The maximum Gasteiger partial charge on any atom is 0.273 e. The van der Waals surface area contributed by atoms with Gasteiger partial charge in [0.2, 0.25) is 0 Å². The molecule has 8 nitrogen and oxygen atoms in total. The lowest BCUT2D eigenvalue weighted by atomic mass is 10.1. The number of hydrogen-bond donors (Lipinski definition) is 2. The maximum atomic E-state index is 12.9. The molecule has 0 spiro atoms. The number of amides is 1. The fraction of sp³-hybridized carbons (Fsp3) is 0.158. The number of nitro groups is 1. The predicted molar refractivity (Wildman–Crippen MR) is 100 cm³/mol. The Hall–Kier alpha value is -3.93. The molecule has 28 heavy (non-hydrogen) atoms. The normalized spacial score (nSPS) is 10.7. The lowest BCUT2D eigenvalue weighted by Crippen LogP contribution is -2.18. The largest absolute Gasteiger partial charge is 0.494 e. The highest BCUT2D eigenvalue weighted by atomic mass is 19.1. The maximum absolute atomic E-state index is 12.9. The first-order valence-electron chi connectivity index (χ1n) is 8.16. The van der Waals surface area contributed by atoms with Gasteiger partial charge in [0.05, 0.1) is 23.8 Å². The fourth-order valence-corrected chi connectivity index (χ4v) is 2.28. The first-order chi connectivity index (χ1) is 13.4. The second-order valence-electron chi connectivity index (χ2n) is 5.60. The molecule has 0 unspecified atom stereocenters. The number of carbonyl (C=O) groups excluding carboxylic acids is 1. The summed E-state index contributed by atoms with van der Waals surface area (Å²) in [4.78, 5) is 22.5. The first kappa shape index (κ1) is 20.4. The third-order valence-electron chi connectivity index (χ3n) is 3.73. The molecule has 0 atom stereocenters. The zero-order chi connectivity index (χ0) is 20.5. The topological polar surface area (TPSA) is 117 Å². The number of nitrogens with one attached hydrogen (secondary N) is 2. The van der Waals surface area contributed by atoms with Gasteiger partial charge >= 0.3 is 0 Å². The molecule has 2 aromatic carbocycles. The molecule has 0 aliphatic heterocycles. The van der Waals surface area contributed by atoms with Crippen LogP contribution >= 0.6 is 0 Å². The molecule has 0 radical (unpaired) electrons. The minimum atomic E-state index is -0.691. The summed E-state index contributed by atoms with van der Waals surface area (Å²) in [6.45, 7) is 0.435. The van der Waals surface area contributed by atoms with E-state index in [9.17, 15) is 24.6 Å². The summed E-state index contributed by atoms with van der Waals surface area (Å²) in [6, 6.07) is 11.5. The van der Waals surface area contributed by atoms with Crippen molar-refractivity contribution in [2.45, 2.75) is 6.42 Å². The molecule has 144 valence electrons. The average molecular weight is 384 g/mol. The molecule has 0 aliphatic rings. The van der Waals surface area contributed by atoms with Gasteiger partial charge in [-0.15, -0.1) is 0 Å². The summed E-state index contributed by atoms with van der Waals surface area (Å²) >= 11 is 0. The summed E-state index contributed by atoms with van der Waals surface area (Å²) in [7, 11) is 1.31. The second-order valence-corrected chi connectivity index (χ2v) is 5.60. The van der Waals surface area contributed by atoms with Crippen LogP contribution in [0.5, 0.6) is 5.75 Å². The number of methoxy groups -OCH3 is 1. The number of anilines is 1. The number of nitrogens with zero attached hydrogens (tertiary/aromatic N) is 2. The van der Waals surface area contributed by atoms with Crippen LogP contribution in [-0.4, -0.2) is 24.5 Å². The third kappa shape index (κ3) is 5.54. The number of benzene rings is 2. The van der Waals surface area contributed by atoms with Gasteiger partial charge in [-0.25, -0.2) is 4.39 Å². The van der Waals surface area contributed by atoms with Gasteiger partial charge in [0, 0.05) is 18.8 Å². The number of nitro benzene ring substituents is 1. The number of non-ortho nitro benzene ring substituents is 1. The quantitative estimate of drug-likeness (QED) is 0.238. The number of ether oxygens (including phenoxy) is 1. The van der Waals surface area contributed by atoms with Crippen LogP contribution in [0.25, 0.3) is 0 Å². The van der Waals surface area contributed by atoms with Crippen molar-refractivity contribution in [1.82, 2.24) is 5.32 Å². The van der Waals surface area contributed by atoms with E-state index in [1.54, 1.807) is 18.2 Å². The van der Waals surface area contributed by atoms with Crippen molar-refractivity contribution in [3.8, 4) is 11.8 Å². The standard InChI is InChI=1S/C19H17FN4O4/c1-28-18-10-16(24(26)27)6-7-17(18)23-19(25)14(11-21)12-22-9-8-13-2-4-15(20)5-3-13/h2-7,10,12,22H,8-9H2,1H3,(H,23,25)/b14-12-. The molecular formula is C19H17FN4O4.